The average molecular weight is 319 g/mol. The molecule has 0 radical (unpaired) electrons. The molecule has 2 heterocycles. The van der Waals surface area contributed by atoms with Gasteiger partial charge in [0.2, 0.25) is 5.91 Å². The maximum absolute atomic E-state index is 12.1. The molecule has 24 heavy (non-hydrogen) atoms. The number of fused-ring (bicyclic) bond motifs is 2. The first kappa shape index (κ1) is 14.5. The topological polar surface area (TPSA) is 70.9 Å². The van der Waals surface area contributed by atoms with E-state index >= 15 is 0 Å². The predicted octanol–water partition coefficient (Wildman–Crippen LogP) is 3.21. The molecule has 0 saturated carbocycles. The maximum atomic E-state index is 12.1. The summed E-state index contributed by atoms with van der Waals surface area (Å²) in [7, 11) is 0. The van der Waals surface area contributed by atoms with Crippen LogP contribution in [0, 0.1) is 0 Å². The molecule has 120 valence electrons. The molecule has 4 aromatic rings. The molecule has 0 aliphatic carbocycles. The SMILES string of the molecule is O=C(Cc1c[nH]c2ccccc12)NCCc1nc2ccccc2o1. The summed E-state index contributed by atoms with van der Waals surface area (Å²) in [6, 6.07) is 15.6. The fourth-order valence-electron chi connectivity index (χ4n) is 2.85. The van der Waals surface area contributed by atoms with Gasteiger partial charge in [-0.15, -0.1) is 0 Å². The quantitative estimate of drug-likeness (QED) is 0.593. The lowest BCUT2D eigenvalue weighted by Gasteiger charge is -2.03. The van der Waals surface area contributed by atoms with Crippen LogP contribution in [0.5, 0.6) is 0 Å². The third-order valence-corrected chi connectivity index (χ3v) is 4.03. The zero-order valence-corrected chi connectivity index (χ0v) is 13.1. The molecule has 0 atom stereocenters. The first-order valence-electron chi connectivity index (χ1n) is 7.96. The number of hydrogen-bond donors (Lipinski definition) is 2. The summed E-state index contributed by atoms with van der Waals surface area (Å²) in [5.74, 6) is 0.638. The van der Waals surface area contributed by atoms with E-state index in [0.29, 0.717) is 25.3 Å². The lowest BCUT2D eigenvalue weighted by atomic mass is 10.1. The van der Waals surface area contributed by atoms with Gasteiger partial charge in [0.1, 0.15) is 5.52 Å². The number of hydrogen-bond acceptors (Lipinski definition) is 3. The highest BCUT2D eigenvalue weighted by molar-refractivity contribution is 5.88. The minimum Gasteiger partial charge on any atom is -0.441 e. The van der Waals surface area contributed by atoms with E-state index < -0.39 is 0 Å². The van der Waals surface area contributed by atoms with Gasteiger partial charge in [0, 0.05) is 30.1 Å². The van der Waals surface area contributed by atoms with Gasteiger partial charge in [0.25, 0.3) is 0 Å². The van der Waals surface area contributed by atoms with Crippen molar-refractivity contribution in [2.24, 2.45) is 0 Å². The number of nitrogens with zero attached hydrogens (tertiary/aromatic N) is 1. The Morgan fingerprint density at radius 1 is 1.12 bits per heavy atom. The first-order valence-corrected chi connectivity index (χ1v) is 7.96. The number of amides is 1. The Kier molecular flexibility index (Phi) is 3.75. The molecule has 2 aromatic heterocycles. The Hall–Kier alpha value is -3.08. The fourth-order valence-corrected chi connectivity index (χ4v) is 2.85. The normalized spacial score (nSPS) is 11.2. The smallest absolute Gasteiger partial charge is 0.224 e. The maximum Gasteiger partial charge on any atom is 0.224 e. The van der Waals surface area contributed by atoms with Gasteiger partial charge in [0.05, 0.1) is 6.42 Å². The van der Waals surface area contributed by atoms with E-state index in [1.54, 1.807) is 0 Å². The van der Waals surface area contributed by atoms with Crippen molar-refractivity contribution in [2.75, 3.05) is 6.54 Å². The van der Waals surface area contributed by atoms with Crippen LogP contribution in [0.2, 0.25) is 0 Å². The third kappa shape index (κ3) is 2.88. The molecule has 0 bridgehead atoms. The number of nitrogens with one attached hydrogen (secondary N) is 2. The van der Waals surface area contributed by atoms with E-state index in [0.717, 1.165) is 27.6 Å². The van der Waals surface area contributed by atoms with Crippen molar-refractivity contribution < 1.29 is 9.21 Å². The second kappa shape index (κ2) is 6.20. The van der Waals surface area contributed by atoms with Crippen molar-refractivity contribution in [1.29, 1.82) is 0 Å². The van der Waals surface area contributed by atoms with Gasteiger partial charge in [-0.1, -0.05) is 30.3 Å². The highest BCUT2D eigenvalue weighted by Gasteiger charge is 2.09. The summed E-state index contributed by atoms with van der Waals surface area (Å²) in [6.07, 6.45) is 2.83. The second-order valence-electron chi connectivity index (χ2n) is 5.71. The molecule has 0 unspecified atom stereocenters. The van der Waals surface area contributed by atoms with Crippen LogP contribution in [0.4, 0.5) is 0 Å². The Balaban J connectivity index is 1.35. The summed E-state index contributed by atoms with van der Waals surface area (Å²) in [5.41, 5.74) is 3.67. The first-order chi connectivity index (χ1) is 11.8. The van der Waals surface area contributed by atoms with Gasteiger partial charge >= 0.3 is 0 Å². The average Bonchev–Trinajstić information content (AvgIpc) is 3.19. The number of para-hydroxylation sites is 3. The molecular formula is C19H17N3O2. The summed E-state index contributed by atoms with van der Waals surface area (Å²) < 4.78 is 5.65. The molecule has 5 nitrogen and oxygen atoms in total. The van der Waals surface area contributed by atoms with Crippen molar-refractivity contribution in [3.05, 3.63) is 66.2 Å². The number of aromatic nitrogens is 2. The van der Waals surface area contributed by atoms with Crippen molar-refractivity contribution in [3.8, 4) is 0 Å². The zero-order valence-electron chi connectivity index (χ0n) is 13.1. The molecule has 1 amide bonds. The van der Waals surface area contributed by atoms with Crippen LogP contribution in [0.3, 0.4) is 0 Å². The van der Waals surface area contributed by atoms with Crippen LogP contribution < -0.4 is 5.32 Å². The molecule has 0 aliphatic rings. The van der Waals surface area contributed by atoms with E-state index in [-0.39, 0.29) is 5.91 Å². The van der Waals surface area contributed by atoms with E-state index in [1.807, 2.05) is 54.7 Å². The van der Waals surface area contributed by atoms with E-state index in [1.165, 1.54) is 0 Å². The molecule has 0 saturated heterocycles. The van der Waals surface area contributed by atoms with Crippen molar-refractivity contribution >= 4 is 27.9 Å². The van der Waals surface area contributed by atoms with Crippen LogP contribution in [-0.4, -0.2) is 22.4 Å². The van der Waals surface area contributed by atoms with E-state index in [2.05, 4.69) is 15.3 Å². The number of oxazole rings is 1. The van der Waals surface area contributed by atoms with Gasteiger partial charge in [-0.2, -0.15) is 0 Å². The van der Waals surface area contributed by atoms with Crippen LogP contribution in [-0.2, 0) is 17.6 Å². The van der Waals surface area contributed by atoms with Crippen LogP contribution in [0.25, 0.3) is 22.0 Å². The third-order valence-electron chi connectivity index (χ3n) is 4.03. The molecule has 4 rings (SSSR count). The summed E-state index contributed by atoms with van der Waals surface area (Å²) in [6.45, 7) is 0.508. The van der Waals surface area contributed by atoms with Gasteiger partial charge in [-0.25, -0.2) is 4.98 Å². The highest BCUT2D eigenvalue weighted by atomic mass is 16.3. The Morgan fingerprint density at radius 2 is 1.96 bits per heavy atom. The number of carbonyl (C=O) groups excluding carboxylic acids is 1. The Bertz CT molecular complexity index is 967. The van der Waals surface area contributed by atoms with Crippen LogP contribution >= 0.6 is 0 Å². The highest BCUT2D eigenvalue weighted by Crippen LogP contribution is 2.18. The van der Waals surface area contributed by atoms with Gasteiger partial charge < -0.3 is 14.7 Å². The minimum absolute atomic E-state index is 0.00383. The number of carbonyl (C=O) groups is 1. The molecule has 0 fully saturated rings. The lowest BCUT2D eigenvalue weighted by Crippen LogP contribution is -2.27. The van der Waals surface area contributed by atoms with Crippen molar-refractivity contribution in [2.45, 2.75) is 12.8 Å². The van der Waals surface area contributed by atoms with Gasteiger partial charge in [0.15, 0.2) is 11.5 Å². The van der Waals surface area contributed by atoms with E-state index in [9.17, 15) is 4.79 Å². The molecule has 0 aliphatic heterocycles. The zero-order chi connectivity index (χ0) is 16.4. The van der Waals surface area contributed by atoms with Gasteiger partial charge in [-0.3, -0.25) is 4.79 Å². The predicted molar refractivity (Wildman–Crippen MR) is 92.7 cm³/mol. The molecule has 2 aromatic carbocycles. The van der Waals surface area contributed by atoms with Crippen molar-refractivity contribution in [1.82, 2.24) is 15.3 Å². The van der Waals surface area contributed by atoms with Gasteiger partial charge in [-0.05, 0) is 23.8 Å². The Labute approximate surface area is 138 Å². The molecular weight excluding hydrogens is 302 g/mol. The number of rotatable bonds is 5. The fraction of sp³-hybridized carbons (Fsp3) is 0.158. The minimum atomic E-state index is -0.00383. The standard InChI is InChI=1S/C19H17N3O2/c23-18(11-13-12-21-15-6-2-1-5-14(13)15)20-10-9-19-22-16-7-3-4-8-17(16)24-19/h1-8,12,21H,9-11H2,(H,20,23). The van der Waals surface area contributed by atoms with E-state index in [4.69, 9.17) is 4.42 Å². The number of benzene rings is 2. The number of aromatic amines is 1. The largest absolute Gasteiger partial charge is 0.441 e. The molecule has 2 N–H and O–H groups in total. The summed E-state index contributed by atoms with van der Waals surface area (Å²) in [4.78, 5) is 19.7. The van der Waals surface area contributed by atoms with Crippen molar-refractivity contribution in [3.63, 3.8) is 0 Å². The molecule has 5 heteroatoms. The Morgan fingerprint density at radius 3 is 2.88 bits per heavy atom. The lowest BCUT2D eigenvalue weighted by molar-refractivity contribution is -0.120. The second-order valence-corrected chi connectivity index (χ2v) is 5.71. The molecule has 0 spiro atoms. The number of H-pyrrole nitrogens is 1. The van der Waals surface area contributed by atoms with Crippen LogP contribution in [0.15, 0.2) is 59.1 Å². The summed E-state index contributed by atoms with van der Waals surface area (Å²) >= 11 is 0. The monoisotopic (exact) mass is 319 g/mol. The van der Waals surface area contributed by atoms with Crippen LogP contribution in [0.1, 0.15) is 11.5 Å². The summed E-state index contributed by atoms with van der Waals surface area (Å²) in [5, 5.41) is 4.02.